The van der Waals surface area contributed by atoms with Crippen molar-refractivity contribution in [3.05, 3.63) is 56.8 Å². The first-order valence-electron chi connectivity index (χ1n) is 5.64. The molecule has 0 atom stereocenters. The van der Waals surface area contributed by atoms with Gasteiger partial charge in [-0.15, -0.1) is 0 Å². The van der Waals surface area contributed by atoms with Crippen molar-refractivity contribution in [2.75, 3.05) is 5.32 Å². The van der Waals surface area contributed by atoms with E-state index in [9.17, 15) is 19.5 Å². The minimum Gasteiger partial charge on any atom is -0.494 e. The van der Waals surface area contributed by atoms with Crippen LogP contribution >= 0.6 is 11.6 Å². The second-order valence-corrected chi connectivity index (χ2v) is 4.48. The number of carboxylic acids is 1. The number of aromatic nitrogens is 1. The first kappa shape index (κ1) is 14.6. The van der Waals surface area contributed by atoms with Crippen LogP contribution in [0.5, 0.6) is 5.88 Å². The number of carboxylic acid groups (broad SMARTS) is 1. The smallest absolute Gasteiger partial charge is 0.337 e. The molecule has 2 aromatic rings. The Bertz CT molecular complexity index is 784. The van der Waals surface area contributed by atoms with E-state index in [1.54, 1.807) is 0 Å². The number of anilines is 1. The van der Waals surface area contributed by atoms with E-state index in [1.807, 2.05) is 0 Å². The Balaban J connectivity index is 2.29. The highest BCUT2D eigenvalue weighted by Gasteiger charge is 2.12. The number of benzene rings is 1. The van der Waals surface area contributed by atoms with E-state index in [-0.39, 0.29) is 21.8 Å². The third-order valence-electron chi connectivity index (χ3n) is 2.55. The molecule has 0 aliphatic heterocycles. The van der Waals surface area contributed by atoms with Crippen LogP contribution in [0.2, 0.25) is 5.02 Å². The van der Waals surface area contributed by atoms with Gasteiger partial charge in [-0.2, -0.15) is 0 Å². The van der Waals surface area contributed by atoms with Gasteiger partial charge in [-0.1, -0.05) is 11.6 Å². The number of nitrogens with one attached hydrogen (secondary N) is 2. The summed E-state index contributed by atoms with van der Waals surface area (Å²) in [6.45, 7) is 0. The van der Waals surface area contributed by atoms with Crippen LogP contribution < -0.4 is 10.9 Å². The fourth-order valence-corrected chi connectivity index (χ4v) is 1.83. The fourth-order valence-electron chi connectivity index (χ4n) is 1.63. The molecule has 1 aromatic carbocycles. The van der Waals surface area contributed by atoms with Crippen LogP contribution in [-0.4, -0.2) is 27.1 Å². The summed E-state index contributed by atoms with van der Waals surface area (Å²) in [6.07, 6.45) is 0. The topological polar surface area (TPSA) is 119 Å². The summed E-state index contributed by atoms with van der Waals surface area (Å²) < 4.78 is 0. The molecule has 0 unspecified atom stereocenters. The van der Waals surface area contributed by atoms with Crippen LogP contribution in [0.3, 0.4) is 0 Å². The van der Waals surface area contributed by atoms with E-state index >= 15 is 0 Å². The van der Waals surface area contributed by atoms with Gasteiger partial charge in [0.25, 0.3) is 11.5 Å². The van der Waals surface area contributed by atoms with Gasteiger partial charge in [0, 0.05) is 17.8 Å². The second-order valence-electron chi connectivity index (χ2n) is 4.07. The zero-order valence-corrected chi connectivity index (χ0v) is 11.1. The number of H-pyrrole nitrogens is 1. The van der Waals surface area contributed by atoms with Crippen molar-refractivity contribution in [2.24, 2.45) is 0 Å². The van der Waals surface area contributed by atoms with E-state index in [0.717, 1.165) is 12.1 Å². The SMILES string of the molecule is O=C(Nc1ccc(Cl)c(C(=O)O)c1)c1cc(O)[nH]c(=O)c1. The predicted octanol–water partition coefficient (Wildman–Crippen LogP) is 1.68. The molecule has 108 valence electrons. The number of aromatic carboxylic acids is 1. The summed E-state index contributed by atoms with van der Waals surface area (Å²) in [7, 11) is 0. The molecule has 0 fully saturated rings. The van der Waals surface area contributed by atoms with Gasteiger partial charge in [0.1, 0.15) is 0 Å². The molecule has 0 spiro atoms. The molecule has 0 aliphatic rings. The van der Waals surface area contributed by atoms with Crippen molar-refractivity contribution in [1.82, 2.24) is 4.98 Å². The van der Waals surface area contributed by atoms with Gasteiger partial charge in [-0.05, 0) is 18.2 Å². The molecule has 2 rings (SSSR count). The first-order valence-corrected chi connectivity index (χ1v) is 6.02. The summed E-state index contributed by atoms with van der Waals surface area (Å²) in [5, 5.41) is 20.6. The number of aromatic hydroxyl groups is 1. The average Bonchev–Trinajstić information content (AvgIpc) is 2.39. The third-order valence-corrected chi connectivity index (χ3v) is 2.88. The maximum atomic E-state index is 11.9. The van der Waals surface area contributed by atoms with Gasteiger partial charge >= 0.3 is 5.97 Å². The molecule has 0 saturated carbocycles. The summed E-state index contributed by atoms with van der Waals surface area (Å²) in [6, 6.07) is 6.01. The maximum absolute atomic E-state index is 11.9. The number of carbonyl (C=O) groups is 2. The van der Waals surface area contributed by atoms with Crippen LogP contribution in [0, 0.1) is 0 Å². The normalized spacial score (nSPS) is 10.1. The van der Waals surface area contributed by atoms with Gasteiger partial charge in [0.2, 0.25) is 0 Å². The van der Waals surface area contributed by atoms with E-state index in [1.165, 1.54) is 18.2 Å². The zero-order chi connectivity index (χ0) is 15.6. The Labute approximate surface area is 122 Å². The highest BCUT2D eigenvalue weighted by molar-refractivity contribution is 6.33. The first-order chi connectivity index (χ1) is 9.86. The quantitative estimate of drug-likeness (QED) is 0.687. The highest BCUT2D eigenvalue weighted by atomic mass is 35.5. The third kappa shape index (κ3) is 3.40. The largest absolute Gasteiger partial charge is 0.494 e. The van der Waals surface area contributed by atoms with E-state index in [0.29, 0.717) is 0 Å². The molecule has 1 aromatic heterocycles. The maximum Gasteiger partial charge on any atom is 0.337 e. The molecule has 1 amide bonds. The van der Waals surface area contributed by atoms with Gasteiger partial charge < -0.3 is 15.5 Å². The van der Waals surface area contributed by atoms with Crippen molar-refractivity contribution in [2.45, 2.75) is 0 Å². The Morgan fingerprint density at radius 3 is 2.52 bits per heavy atom. The number of pyridine rings is 1. The summed E-state index contributed by atoms with van der Waals surface area (Å²) >= 11 is 5.71. The fraction of sp³-hybridized carbons (Fsp3) is 0. The highest BCUT2D eigenvalue weighted by Crippen LogP contribution is 2.21. The molecule has 0 saturated heterocycles. The number of rotatable bonds is 3. The number of aromatic amines is 1. The van der Waals surface area contributed by atoms with Gasteiger partial charge in [0.15, 0.2) is 5.88 Å². The van der Waals surface area contributed by atoms with Gasteiger partial charge in [-0.3, -0.25) is 14.6 Å². The van der Waals surface area contributed by atoms with E-state index < -0.39 is 23.3 Å². The van der Waals surface area contributed by atoms with Crippen molar-refractivity contribution in [1.29, 1.82) is 0 Å². The van der Waals surface area contributed by atoms with E-state index in [4.69, 9.17) is 16.7 Å². The molecule has 0 bridgehead atoms. The molecule has 7 nitrogen and oxygen atoms in total. The van der Waals surface area contributed by atoms with Gasteiger partial charge in [0.05, 0.1) is 16.1 Å². The zero-order valence-electron chi connectivity index (χ0n) is 10.4. The Kier molecular flexibility index (Phi) is 3.95. The molecule has 21 heavy (non-hydrogen) atoms. The molecular weight excluding hydrogens is 300 g/mol. The number of halogens is 1. The summed E-state index contributed by atoms with van der Waals surface area (Å²) in [5.41, 5.74) is -0.671. The monoisotopic (exact) mass is 308 g/mol. The molecular formula is C13H9ClN2O5. The lowest BCUT2D eigenvalue weighted by Crippen LogP contribution is -2.16. The standard InChI is InChI=1S/C13H9ClN2O5/c14-9-2-1-7(5-8(9)13(20)21)15-12(19)6-3-10(17)16-11(18)4-6/h1-5H,(H,15,19)(H,20,21)(H2,16,17,18). The minimum atomic E-state index is -1.23. The van der Waals surface area contributed by atoms with Crippen LogP contribution in [0.4, 0.5) is 5.69 Å². The lowest BCUT2D eigenvalue weighted by atomic mass is 10.2. The van der Waals surface area contributed by atoms with Crippen molar-refractivity contribution in [3.63, 3.8) is 0 Å². The number of hydrogen-bond acceptors (Lipinski definition) is 4. The van der Waals surface area contributed by atoms with Crippen LogP contribution in [0.25, 0.3) is 0 Å². The lowest BCUT2D eigenvalue weighted by Gasteiger charge is -2.07. The molecule has 1 heterocycles. The predicted molar refractivity (Wildman–Crippen MR) is 75.1 cm³/mol. The Morgan fingerprint density at radius 1 is 1.19 bits per heavy atom. The summed E-state index contributed by atoms with van der Waals surface area (Å²) in [5.74, 6) is -2.35. The number of hydrogen-bond donors (Lipinski definition) is 4. The number of carbonyl (C=O) groups excluding carboxylic acids is 1. The molecule has 8 heteroatoms. The van der Waals surface area contributed by atoms with Crippen LogP contribution in [0.15, 0.2) is 35.1 Å². The molecule has 0 aliphatic carbocycles. The molecule has 4 N–H and O–H groups in total. The minimum absolute atomic E-state index is 0.0364. The van der Waals surface area contributed by atoms with Crippen molar-refractivity contribution >= 4 is 29.2 Å². The number of amides is 1. The van der Waals surface area contributed by atoms with E-state index in [2.05, 4.69) is 10.3 Å². The average molecular weight is 309 g/mol. The van der Waals surface area contributed by atoms with Crippen LogP contribution in [0.1, 0.15) is 20.7 Å². The van der Waals surface area contributed by atoms with Crippen molar-refractivity contribution in [3.8, 4) is 5.88 Å². The second kappa shape index (κ2) is 5.68. The van der Waals surface area contributed by atoms with Crippen LogP contribution in [-0.2, 0) is 0 Å². The Hall–Kier alpha value is -2.80. The summed E-state index contributed by atoms with van der Waals surface area (Å²) in [4.78, 5) is 36.1. The van der Waals surface area contributed by atoms with Crippen molar-refractivity contribution < 1.29 is 19.8 Å². The van der Waals surface area contributed by atoms with Gasteiger partial charge in [-0.25, -0.2) is 4.79 Å². The Morgan fingerprint density at radius 2 is 1.90 bits per heavy atom. The molecule has 0 radical (unpaired) electrons. The lowest BCUT2D eigenvalue weighted by molar-refractivity contribution is 0.0696.